The first-order valence-corrected chi connectivity index (χ1v) is 8.19. The van der Waals surface area contributed by atoms with Crippen LogP contribution in [0.25, 0.3) is 0 Å². The third-order valence-electron chi connectivity index (χ3n) is 4.69. The second-order valence-electron chi connectivity index (χ2n) is 7.50. The summed E-state index contributed by atoms with van der Waals surface area (Å²) >= 11 is 0. The lowest BCUT2D eigenvalue weighted by Gasteiger charge is -2.43. The molecule has 1 amide bonds. The van der Waals surface area contributed by atoms with Gasteiger partial charge in [0.1, 0.15) is 11.3 Å². The Morgan fingerprint density at radius 3 is 2.33 bits per heavy atom. The maximum atomic E-state index is 12.8. The molecule has 1 aliphatic heterocycles. The van der Waals surface area contributed by atoms with Crippen molar-refractivity contribution in [2.45, 2.75) is 44.8 Å². The molecule has 0 atom stereocenters. The standard InChI is InChI=1S/C18H24N4O2/c1-17(2,13-8-6-5-7-9-13)16(23)21-10-14(11-21)22-12-15(19-20-22)18(3,4)24/h5-9,12,14,24H,10-11H2,1-4H3. The van der Waals surface area contributed by atoms with Gasteiger partial charge in [-0.1, -0.05) is 35.5 Å². The summed E-state index contributed by atoms with van der Waals surface area (Å²) in [5.41, 5.74) is 0.0000368. The van der Waals surface area contributed by atoms with Gasteiger partial charge in [0.25, 0.3) is 0 Å². The van der Waals surface area contributed by atoms with Crippen LogP contribution in [-0.2, 0) is 15.8 Å². The van der Waals surface area contributed by atoms with Crippen molar-refractivity contribution in [3.05, 3.63) is 47.8 Å². The van der Waals surface area contributed by atoms with Gasteiger partial charge in [0.05, 0.1) is 17.7 Å². The molecule has 3 rings (SSSR count). The van der Waals surface area contributed by atoms with Crippen LogP contribution in [0.3, 0.4) is 0 Å². The molecule has 1 N–H and O–H groups in total. The van der Waals surface area contributed by atoms with E-state index < -0.39 is 11.0 Å². The number of hydrogen-bond acceptors (Lipinski definition) is 4. The van der Waals surface area contributed by atoms with E-state index >= 15 is 0 Å². The highest BCUT2D eigenvalue weighted by molar-refractivity contribution is 5.88. The lowest BCUT2D eigenvalue weighted by molar-refractivity contribution is -0.142. The fourth-order valence-electron chi connectivity index (χ4n) is 2.90. The van der Waals surface area contributed by atoms with Crippen molar-refractivity contribution < 1.29 is 9.90 Å². The quantitative estimate of drug-likeness (QED) is 0.930. The van der Waals surface area contributed by atoms with E-state index in [1.807, 2.05) is 49.1 Å². The summed E-state index contributed by atoms with van der Waals surface area (Å²) in [5, 5.41) is 18.1. The minimum Gasteiger partial charge on any atom is -0.384 e. The number of carbonyl (C=O) groups excluding carboxylic acids is 1. The van der Waals surface area contributed by atoms with Gasteiger partial charge in [-0.25, -0.2) is 4.68 Å². The number of nitrogens with zero attached hydrogens (tertiary/aromatic N) is 4. The Balaban J connectivity index is 1.66. The third-order valence-corrected chi connectivity index (χ3v) is 4.69. The highest BCUT2D eigenvalue weighted by Gasteiger charge is 2.40. The number of aromatic nitrogens is 3. The molecule has 0 spiro atoms. The molecule has 0 bridgehead atoms. The zero-order valence-electron chi connectivity index (χ0n) is 14.6. The molecule has 1 aromatic heterocycles. The molecule has 1 saturated heterocycles. The summed E-state index contributed by atoms with van der Waals surface area (Å²) in [5.74, 6) is 0.118. The molecular formula is C18H24N4O2. The molecule has 6 nitrogen and oxygen atoms in total. The highest BCUT2D eigenvalue weighted by Crippen LogP contribution is 2.31. The fraction of sp³-hybridized carbons (Fsp3) is 0.500. The lowest BCUT2D eigenvalue weighted by Crippen LogP contribution is -2.55. The fourth-order valence-corrected chi connectivity index (χ4v) is 2.90. The van der Waals surface area contributed by atoms with Crippen molar-refractivity contribution in [1.29, 1.82) is 0 Å². The van der Waals surface area contributed by atoms with Crippen LogP contribution in [0.1, 0.15) is 45.0 Å². The number of rotatable bonds is 4. The van der Waals surface area contributed by atoms with Crippen LogP contribution in [0.5, 0.6) is 0 Å². The molecule has 0 aliphatic carbocycles. The molecule has 1 fully saturated rings. The molecule has 0 saturated carbocycles. The second-order valence-corrected chi connectivity index (χ2v) is 7.50. The number of hydrogen-bond donors (Lipinski definition) is 1. The number of carbonyl (C=O) groups is 1. The molecule has 1 aliphatic rings. The maximum absolute atomic E-state index is 12.8. The van der Waals surface area contributed by atoms with Crippen LogP contribution in [0, 0.1) is 0 Å². The zero-order chi connectivity index (χ0) is 17.5. The first kappa shape index (κ1) is 16.6. The van der Waals surface area contributed by atoms with Gasteiger partial charge in [0.2, 0.25) is 5.91 Å². The van der Waals surface area contributed by atoms with E-state index in [9.17, 15) is 9.90 Å². The van der Waals surface area contributed by atoms with Gasteiger partial charge in [0.15, 0.2) is 0 Å². The molecule has 6 heteroatoms. The predicted octanol–water partition coefficient (Wildman–Crippen LogP) is 1.87. The Labute approximate surface area is 142 Å². The van der Waals surface area contributed by atoms with E-state index in [-0.39, 0.29) is 11.9 Å². The van der Waals surface area contributed by atoms with Crippen LogP contribution in [0.15, 0.2) is 36.5 Å². The van der Waals surface area contributed by atoms with Gasteiger partial charge in [0, 0.05) is 13.1 Å². The first-order valence-electron chi connectivity index (χ1n) is 8.19. The largest absolute Gasteiger partial charge is 0.384 e. The summed E-state index contributed by atoms with van der Waals surface area (Å²) in [6, 6.07) is 9.95. The van der Waals surface area contributed by atoms with Crippen molar-refractivity contribution in [2.24, 2.45) is 0 Å². The van der Waals surface area contributed by atoms with Crippen LogP contribution in [0.4, 0.5) is 0 Å². The Morgan fingerprint density at radius 1 is 1.17 bits per heavy atom. The van der Waals surface area contributed by atoms with E-state index in [0.717, 1.165) is 5.56 Å². The Kier molecular flexibility index (Phi) is 3.95. The van der Waals surface area contributed by atoms with Crippen molar-refractivity contribution in [3.8, 4) is 0 Å². The highest BCUT2D eigenvalue weighted by atomic mass is 16.3. The lowest BCUT2D eigenvalue weighted by atomic mass is 9.82. The first-order chi connectivity index (χ1) is 11.2. The van der Waals surface area contributed by atoms with E-state index in [1.54, 1.807) is 24.7 Å². The second kappa shape index (κ2) is 5.70. The van der Waals surface area contributed by atoms with Gasteiger partial charge in [-0.3, -0.25) is 4.79 Å². The van der Waals surface area contributed by atoms with E-state index in [2.05, 4.69) is 10.3 Å². The van der Waals surface area contributed by atoms with Crippen molar-refractivity contribution in [2.75, 3.05) is 13.1 Å². The Hall–Kier alpha value is -2.21. The van der Waals surface area contributed by atoms with Crippen LogP contribution >= 0.6 is 0 Å². The molecule has 128 valence electrons. The molecular weight excluding hydrogens is 304 g/mol. The maximum Gasteiger partial charge on any atom is 0.232 e. The molecule has 2 heterocycles. The minimum absolute atomic E-state index is 0.115. The van der Waals surface area contributed by atoms with Gasteiger partial charge in [-0.15, -0.1) is 5.10 Å². The molecule has 0 unspecified atom stereocenters. The molecule has 24 heavy (non-hydrogen) atoms. The average molecular weight is 328 g/mol. The van der Waals surface area contributed by atoms with E-state index in [0.29, 0.717) is 18.8 Å². The van der Waals surface area contributed by atoms with Gasteiger partial charge in [-0.05, 0) is 33.3 Å². The smallest absolute Gasteiger partial charge is 0.232 e. The number of amides is 1. The van der Waals surface area contributed by atoms with Crippen molar-refractivity contribution >= 4 is 5.91 Å². The SMILES string of the molecule is CC(C)(O)c1cn(C2CN(C(=O)C(C)(C)c3ccccc3)C2)nn1. The molecule has 1 aromatic carbocycles. The van der Waals surface area contributed by atoms with Crippen molar-refractivity contribution in [3.63, 3.8) is 0 Å². The van der Waals surface area contributed by atoms with Crippen LogP contribution in [0.2, 0.25) is 0 Å². The van der Waals surface area contributed by atoms with Gasteiger partial charge in [-0.2, -0.15) is 0 Å². The summed E-state index contributed by atoms with van der Waals surface area (Å²) in [6.45, 7) is 8.51. The average Bonchev–Trinajstić information content (AvgIpc) is 2.96. The molecule has 0 radical (unpaired) electrons. The number of benzene rings is 1. The normalized spacial score (nSPS) is 16.1. The van der Waals surface area contributed by atoms with E-state index in [1.165, 1.54) is 0 Å². The van der Waals surface area contributed by atoms with E-state index in [4.69, 9.17) is 0 Å². The Bertz CT molecular complexity index is 725. The zero-order valence-corrected chi connectivity index (χ0v) is 14.6. The minimum atomic E-state index is -1.01. The third kappa shape index (κ3) is 2.94. The number of aliphatic hydroxyl groups is 1. The topological polar surface area (TPSA) is 71.2 Å². The molecule has 2 aromatic rings. The van der Waals surface area contributed by atoms with Crippen molar-refractivity contribution in [1.82, 2.24) is 19.9 Å². The van der Waals surface area contributed by atoms with Crippen LogP contribution < -0.4 is 0 Å². The summed E-state index contributed by atoms with van der Waals surface area (Å²) in [6.07, 6.45) is 1.76. The van der Waals surface area contributed by atoms with Gasteiger partial charge >= 0.3 is 0 Å². The van der Waals surface area contributed by atoms with Crippen LogP contribution in [-0.4, -0.2) is 44.0 Å². The predicted molar refractivity (Wildman–Crippen MR) is 90.4 cm³/mol. The summed E-state index contributed by atoms with van der Waals surface area (Å²) < 4.78 is 1.74. The summed E-state index contributed by atoms with van der Waals surface area (Å²) in [7, 11) is 0. The number of likely N-dealkylation sites (tertiary alicyclic amines) is 1. The monoisotopic (exact) mass is 328 g/mol. The van der Waals surface area contributed by atoms with Gasteiger partial charge < -0.3 is 10.0 Å². The Morgan fingerprint density at radius 2 is 1.79 bits per heavy atom. The summed E-state index contributed by atoms with van der Waals surface area (Å²) in [4.78, 5) is 14.7.